The van der Waals surface area contributed by atoms with Gasteiger partial charge in [-0.25, -0.2) is 4.39 Å². The van der Waals surface area contributed by atoms with E-state index in [-0.39, 0.29) is 23.7 Å². The molecule has 1 fully saturated rings. The van der Waals surface area contributed by atoms with Crippen molar-refractivity contribution in [1.29, 1.82) is 0 Å². The molecule has 1 saturated carbocycles. The van der Waals surface area contributed by atoms with Crippen LogP contribution in [0.5, 0.6) is 0 Å². The van der Waals surface area contributed by atoms with Crippen LogP contribution in [0.3, 0.4) is 0 Å². The van der Waals surface area contributed by atoms with Crippen LogP contribution in [0, 0.1) is 11.7 Å². The van der Waals surface area contributed by atoms with Gasteiger partial charge in [-0.15, -0.1) is 31.7 Å². The number of hydrogen-bond donors (Lipinski definition) is 1. The fraction of sp³-hybridized carbons (Fsp3) is 0.400. The van der Waals surface area contributed by atoms with Crippen molar-refractivity contribution in [2.45, 2.75) is 44.9 Å². The van der Waals surface area contributed by atoms with E-state index in [9.17, 15) is 14.0 Å². The van der Waals surface area contributed by atoms with Crippen molar-refractivity contribution < 1.29 is 14.0 Å². The van der Waals surface area contributed by atoms with Crippen molar-refractivity contribution in [2.75, 3.05) is 5.32 Å². The van der Waals surface area contributed by atoms with Crippen molar-refractivity contribution in [1.82, 2.24) is 20.4 Å². The molecule has 0 saturated heterocycles. The number of ketones is 1. The lowest BCUT2D eigenvalue weighted by Gasteiger charge is -2.06. The summed E-state index contributed by atoms with van der Waals surface area (Å²) >= 11 is 2.85. The van der Waals surface area contributed by atoms with Crippen LogP contribution < -0.4 is 5.32 Å². The zero-order valence-electron chi connectivity index (χ0n) is 16.3. The normalized spacial score (nSPS) is 18.5. The van der Waals surface area contributed by atoms with E-state index in [1.807, 2.05) is 0 Å². The largest absolute Gasteiger partial charge is 0.301 e. The summed E-state index contributed by atoms with van der Waals surface area (Å²) in [5, 5.41) is 22.3. The molecule has 156 valence electrons. The number of carbonyl (C=O) groups excluding carboxylic acids is 2. The highest BCUT2D eigenvalue weighted by Gasteiger charge is 2.29. The second-order valence-corrected chi connectivity index (χ2v) is 9.53. The molecule has 30 heavy (non-hydrogen) atoms. The summed E-state index contributed by atoms with van der Waals surface area (Å²) in [6.07, 6.45) is 3.93. The zero-order chi connectivity index (χ0) is 21.1. The van der Waals surface area contributed by atoms with Crippen LogP contribution in [-0.2, 0) is 17.6 Å². The van der Waals surface area contributed by atoms with E-state index in [1.54, 1.807) is 12.1 Å². The van der Waals surface area contributed by atoms with Crippen molar-refractivity contribution in [2.24, 2.45) is 5.92 Å². The van der Waals surface area contributed by atoms with Gasteiger partial charge >= 0.3 is 0 Å². The van der Waals surface area contributed by atoms with Gasteiger partial charge in [-0.2, -0.15) is 0 Å². The fourth-order valence-corrected chi connectivity index (χ4v) is 5.59. The monoisotopic (exact) mass is 445 g/mol. The maximum atomic E-state index is 13.8. The smallest absolute Gasteiger partial charge is 0.223 e. The quantitative estimate of drug-likeness (QED) is 0.551. The second kappa shape index (κ2) is 9.05. The van der Waals surface area contributed by atoms with Gasteiger partial charge in [-0.1, -0.05) is 23.5 Å². The minimum absolute atomic E-state index is 0.0581. The molecule has 2 heterocycles. The van der Waals surface area contributed by atoms with E-state index in [4.69, 9.17) is 0 Å². The van der Waals surface area contributed by atoms with Crippen molar-refractivity contribution in [3.8, 4) is 0 Å². The van der Waals surface area contributed by atoms with Gasteiger partial charge in [0.2, 0.25) is 11.0 Å². The maximum Gasteiger partial charge on any atom is 0.223 e. The van der Waals surface area contributed by atoms with Gasteiger partial charge in [0.25, 0.3) is 0 Å². The fourth-order valence-electron chi connectivity index (χ4n) is 3.69. The summed E-state index contributed by atoms with van der Waals surface area (Å²) < 4.78 is 13.8. The maximum absolute atomic E-state index is 13.8. The molecule has 2 aromatic heterocycles. The van der Waals surface area contributed by atoms with E-state index in [0.717, 1.165) is 35.7 Å². The van der Waals surface area contributed by atoms with E-state index >= 15 is 0 Å². The molecule has 1 aliphatic carbocycles. The molecule has 0 radical (unpaired) electrons. The van der Waals surface area contributed by atoms with Crippen molar-refractivity contribution in [3.05, 3.63) is 50.7 Å². The molecular formula is C20H20FN5O2S2. The lowest BCUT2D eigenvalue weighted by atomic mass is 10.0. The second-order valence-electron chi connectivity index (χ2n) is 7.38. The first-order chi connectivity index (χ1) is 14.5. The number of Topliss-reactive ketones (excluding diaryl/α,β-unsaturated/α-hetero) is 1. The number of benzene rings is 1. The average Bonchev–Trinajstić information content (AvgIpc) is 3.44. The lowest BCUT2D eigenvalue weighted by molar-refractivity contribution is -0.114. The third-order valence-corrected chi connectivity index (χ3v) is 7.02. The lowest BCUT2D eigenvalue weighted by Crippen LogP contribution is -2.05. The molecule has 1 aliphatic rings. The zero-order valence-corrected chi connectivity index (χ0v) is 17.9. The molecule has 0 bridgehead atoms. The molecule has 1 N–H and O–H groups in total. The number of amides is 1. The SMILES string of the molecule is CC(=O)Nc1nnc([C@@H]2CC[C@H](Cc3nnc(CC(=O)c4ccccc4F)s3)C2)s1. The Balaban J connectivity index is 1.32. The van der Waals surface area contributed by atoms with E-state index in [0.29, 0.717) is 22.0 Å². The average molecular weight is 446 g/mol. The Kier molecular flexibility index (Phi) is 6.24. The van der Waals surface area contributed by atoms with Gasteiger partial charge in [-0.05, 0) is 37.3 Å². The number of aromatic nitrogens is 4. The van der Waals surface area contributed by atoms with Crippen molar-refractivity contribution >= 4 is 39.5 Å². The molecule has 0 aliphatic heterocycles. The first kappa shape index (κ1) is 20.7. The predicted octanol–water partition coefficient (Wildman–Crippen LogP) is 4.04. The van der Waals surface area contributed by atoms with Crippen LogP contribution in [-0.4, -0.2) is 32.1 Å². The summed E-state index contributed by atoms with van der Waals surface area (Å²) in [5.41, 5.74) is 0.0866. The minimum atomic E-state index is -0.512. The summed E-state index contributed by atoms with van der Waals surface area (Å²) in [6.45, 7) is 1.45. The molecule has 3 aromatic rings. The molecule has 1 amide bonds. The Bertz CT molecular complexity index is 1070. The van der Waals surface area contributed by atoms with Crippen LogP contribution in [0.25, 0.3) is 0 Å². The van der Waals surface area contributed by atoms with Gasteiger partial charge in [0.1, 0.15) is 20.8 Å². The van der Waals surface area contributed by atoms with Crippen LogP contribution in [0.1, 0.15) is 57.5 Å². The number of hydrogen-bond acceptors (Lipinski definition) is 8. The highest BCUT2D eigenvalue weighted by Crippen LogP contribution is 2.41. The van der Waals surface area contributed by atoms with Crippen LogP contribution in [0.2, 0.25) is 0 Å². The molecule has 10 heteroatoms. The van der Waals surface area contributed by atoms with Crippen molar-refractivity contribution in [3.63, 3.8) is 0 Å². The first-order valence-electron chi connectivity index (χ1n) is 9.68. The van der Waals surface area contributed by atoms with Gasteiger partial charge < -0.3 is 5.32 Å². The summed E-state index contributed by atoms with van der Waals surface area (Å²) in [5.74, 6) is -0.149. The number of rotatable bonds is 7. The molecular weight excluding hydrogens is 425 g/mol. The molecule has 7 nitrogen and oxygen atoms in total. The Hall–Kier alpha value is -2.59. The Morgan fingerprint density at radius 3 is 2.70 bits per heavy atom. The molecule has 4 rings (SSSR count). The number of anilines is 1. The van der Waals surface area contributed by atoms with E-state index in [2.05, 4.69) is 25.7 Å². The van der Waals surface area contributed by atoms with Crippen LogP contribution >= 0.6 is 22.7 Å². The van der Waals surface area contributed by atoms with E-state index < -0.39 is 5.82 Å². The number of nitrogens with one attached hydrogen (secondary N) is 1. The number of nitrogens with zero attached hydrogens (tertiary/aromatic N) is 4. The van der Waals surface area contributed by atoms with Gasteiger partial charge in [0, 0.05) is 19.3 Å². The summed E-state index contributed by atoms with van der Waals surface area (Å²) in [7, 11) is 0. The predicted molar refractivity (Wildman–Crippen MR) is 112 cm³/mol. The Labute approximate surface area is 180 Å². The van der Waals surface area contributed by atoms with Gasteiger partial charge in [-0.3, -0.25) is 9.59 Å². The highest BCUT2D eigenvalue weighted by molar-refractivity contribution is 7.15. The molecule has 1 aromatic carbocycles. The minimum Gasteiger partial charge on any atom is -0.301 e. The van der Waals surface area contributed by atoms with Gasteiger partial charge in [0.05, 0.1) is 12.0 Å². The molecule has 2 atom stereocenters. The summed E-state index contributed by atoms with van der Waals surface area (Å²) in [4.78, 5) is 23.5. The van der Waals surface area contributed by atoms with Crippen LogP contribution in [0.15, 0.2) is 24.3 Å². The summed E-state index contributed by atoms with van der Waals surface area (Å²) in [6, 6.07) is 5.98. The molecule has 0 unspecified atom stereocenters. The van der Waals surface area contributed by atoms with Crippen LogP contribution in [0.4, 0.5) is 9.52 Å². The first-order valence-corrected chi connectivity index (χ1v) is 11.3. The van der Waals surface area contributed by atoms with Gasteiger partial charge in [0.15, 0.2) is 5.78 Å². The topological polar surface area (TPSA) is 97.7 Å². The number of carbonyl (C=O) groups is 2. The molecule has 0 spiro atoms. The third kappa shape index (κ3) is 4.93. The Morgan fingerprint density at radius 2 is 1.90 bits per heavy atom. The van der Waals surface area contributed by atoms with E-state index in [1.165, 1.54) is 41.7 Å². The highest BCUT2D eigenvalue weighted by atomic mass is 32.1. The standard InChI is InChI=1S/C20H20FN5O2S2/c1-11(27)22-20-26-25-19(30-20)13-7-6-12(8-13)9-17-23-24-18(29-17)10-16(28)14-4-2-3-5-15(14)21/h2-5,12-13H,6-10H2,1H3,(H,22,26,27)/t12-,13+/m0/s1. The number of halogens is 1. The third-order valence-electron chi connectivity index (χ3n) is 5.07. The Morgan fingerprint density at radius 1 is 1.10 bits per heavy atom.